The molecule has 0 atom stereocenters. The highest BCUT2D eigenvalue weighted by Gasteiger charge is 2.08. The summed E-state index contributed by atoms with van der Waals surface area (Å²) in [5, 5.41) is 2.96. The zero-order valence-corrected chi connectivity index (χ0v) is 11.3. The summed E-state index contributed by atoms with van der Waals surface area (Å²) in [5.41, 5.74) is 1.97. The smallest absolute Gasteiger partial charge is 0.135 e. The summed E-state index contributed by atoms with van der Waals surface area (Å²) < 4.78 is 5.31. The number of Topliss-reactive ketones (excluding diaryl/α,β-unsaturated/α-hetero) is 1. The van der Waals surface area contributed by atoms with Crippen molar-refractivity contribution in [1.82, 2.24) is 4.98 Å². The van der Waals surface area contributed by atoms with E-state index in [9.17, 15) is 4.79 Å². The van der Waals surface area contributed by atoms with E-state index in [4.69, 9.17) is 4.74 Å². The molecule has 0 fully saturated rings. The van der Waals surface area contributed by atoms with Gasteiger partial charge >= 0.3 is 0 Å². The summed E-state index contributed by atoms with van der Waals surface area (Å²) in [7, 11) is 1.67. The molecule has 0 spiro atoms. The summed E-state index contributed by atoms with van der Waals surface area (Å²) in [6, 6.07) is 7.91. The van der Waals surface area contributed by atoms with Crippen LogP contribution in [0.3, 0.4) is 0 Å². The maximum atomic E-state index is 11.0. The molecule has 0 N–H and O–H groups in total. The van der Waals surface area contributed by atoms with Gasteiger partial charge in [-0.05, 0) is 13.0 Å². The fraction of sp³-hybridized carbons (Fsp3) is 0.286. The number of rotatable bonds is 5. The molecule has 2 rings (SSSR count). The van der Waals surface area contributed by atoms with Crippen LogP contribution >= 0.6 is 11.3 Å². The molecule has 0 aliphatic rings. The molecular formula is C14H15NO2S. The Bertz CT molecular complexity index is 548. The maximum Gasteiger partial charge on any atom is 0.135 e. The SMILES string of the molecule is COc1ccccc1Cc1nc(CC(C)=O)cs1. The minimum atomic E-state index is 0.143. The first-order chi connectivity index (χ1) is 8.69. The normalized spacial score (nSPS) is 10.3. The van der Waals surface area contributed by atoms with E-state index in [-0.39, 0.29) is 5.78 Å². The average Bonchev–Trinajstić information content (AvgIpc) is 2.76. The van der Waals surface area contributed by atoms with Crippen molar-refractivity contribution in [2.24, 2.45) is 0 Å². The zero-order valence-electron chi connectivity index (χ0n) is 10.5. The lowest BCUT2D eigenvalue weighted by atomic mass is 10.1. The molecule has 2 aromatic rings. The van der Waals surface area contributed by atoms with Crippen LogP contribution in [0.2, 0.25) is 0 Å². The van der Waals surface area contributed by atoms with Crippen molar-refractivity contribution in [2.45, 2.75) is 19.8 Å². The Kier molecular flexibility index (Phi) is 4.10. The first-order valence-electron chi connectivity index (χ1n) is 5.73. The number of para-hydroxylation sites is 1. The van der Waals surface area contributed by atoms with Crippen molar-refractivity contribution < 1.29 is 9.53 Å². The molecule has 0 saturated heterocycles. The van der Waals surface area contributed by atoms with E-state index in [1.165, 1.54) is 0 Å². The zero-order chi connectivity index (χ0) is 13.0. The number of carbonyl (C=O) groups is 1. The van der Waals surface area contributed by atoms with E-state index in [0.29, 0.717) is 6.42 Å². The Hall–Kier alpha value is -1.68. The highest BCUT2D eigenvalue weighted by molar-refractivity contribution is 7.09. The third kappa shape index (κ3) is 3.17. The van der Waals surface area contributed by atoms with Crippen molar-refractivity contribution in [3.8, 4) is 5.75 Å². The minimum absolute atomic E-state index is 0.143. The Morgan fingerprint density at radius 1 is 1.39 bits per heavy atom. The number of aromatic nitrogens is 1. The van der Waals surface area contributed by atoms with Crippen molar-refractivity contribution in [1.29, 1.82) is 0 Å². The van der Waals surface area contributed by atoms with Crippen LogP contribution in [0.1, 0.15) is 23.2 Å². The van der Waals surface area contributed by atoms with E-state index in [2.05, 4.69) is 4.98 Å². The summed E-state index contributed by atoms with van der Waals surface area (Å²) in [5.74, 6) is 1.02. The van der Waals surface area contributed by atoms with Crippen LogP contribution in [-0.2, 0) is 17.6 Å². The Morgan fingerprint density at radius 2 is 2.17 bits per heavy atom. The van der Waals surface area contributed by atoms with Gasteiger partial charge in [0.05, 0.1) is 17.8 Å². The largest absolute Gasteiger partial charge is 0.496 e. The standard InChI is InChI=1S/C14H15NO2S/c1-10(16)7-12-9-18-14(15-12)8-11-5-3-4-6-13(11)17-2/h3-6,9H,7-8H2,1-2H3. The van der Waals surface area contributed by atoms with Crippen molar-refractivity contribution in [3.05, 3.63) is 45.9 Å². The Balaban J connectivity index is 2.13. The van der Waals surface area contributed by atoms with E-state index < -0.39 is 0 Å². The van der Waals surface area contributed by atoms with Gasteiger partial charge in [0.2, 0.25) is 0 Å². The molecule has 4 heteroatoms. The Labute approximate surface area is 110 Å². The second-order valence-electron chi connectivity index (χ2n) is 4.10. The van der Waals surface area contributed by atoms with Crippen LogP contribution in [0.4, 0.5) is 0 Å². The fourth-order valence-corrected chi connectivity index (χ4v) is 2.60. The van der Waals surface area contributed by atoms with E-state index in [1.807, 2.05) is 29.6 Å². The van der Waals surface area contributed by atoms with Crippen LogP contribution in [0.25, 0.3) is 0 Å². The molecule has 3 nitrogen and oxygen atoms in total. The molecule has 0 aliphatic carbocycles. The summed E-state index contributed by atoms with van der Waals surface area (Å²) in [6.07, 6.45) is 1.16. The van der Waals surface area contributed by atoms with Crippen molar-refractivity contribution >= 4 is 17.1 Å². The molecule has 94 valence electrons. The lowest BCUT2D eigenvalue weighted by molar-refractivity contribution is -0.116. The van der Waals surface area contributed by atoms with Gasteiger partial charge in [-0.1, -0.05) is 18.2 Å². The van der Waals surface area contributed by atoms with Crippen LogP contribution in [0.15, 0.2) is 29.6 Å². The van der Waals surface area contributed by atoms with Gasteiger partial charge in [-0.25, -0.2) is 4.98 Å². The monoisotopic (exact) mass is 261 g/mol. The third-order valence-corrected chi connectivity index (χ3v) is 3.46. The molecule has 0 amide bonds. The Morgan fingerprint density at radius 3 is 2.89 bits per heavy atom. The molecule has 0 unspecified atom stereocenters. The highest BCUT2D eigenvalue weighted by Crippen LogP contribution is 2.22. The van der Waals surface area contributed by atoms with E-state index >= 15 is 0 Å². The maximum absolute atomic E-state index is 11.0. The topological polar surface area (TPSA) is 39.2 Å². The second kappa shape index (κ2) is 5.78. The summed E-state index contributed by atoms with van der Waals surface area (Å²) in [4.78, 5) is 15.5. The van der Waals surface area contributed by atoms with Crippen LogP contribution < -0.4 is 4.74 Å². The molecule has 0 bridgehead atoms. The number of carbonyl (C=O) groups excluding carboxylic acids is 1. The van der Waals surface area contributed by atoms with Gasteiger partial charge in [-0.15, -0.1) is 11.3 Å². The van der Waals surface area contributed by atoms with Crippen molar-refractivity contribution in [3.63, 3.8) is 0 Å². The predicted molar refractivity (Wildman–Crippen MR) is 72.3 cm³/mol. The first kappa shape index (κ1) is 12.8. The van der Waals surface area contributed by atoms with Crippen LogP contribution in [0.5, 0.6) is 5.75 Å². The van der Waals surface area contributed by atoms with Gasteiger partial charge in [-0.2, -0.15) is 0 Å². The number of hydrogen-bond donors (Lipinski definition) is 0. The number of methoxy groups -OCH3 is 1. The fourth-order valence-electron chi connectivity index (χ4n) is 1.78. The van der Waals surface area contributed by atoms with E-state index in [0.717, 1.165) is 28.4 Å². The molecule has 18 heavy (non-hydrogen) atoms. The molecule has 0 radical (unpaired) electrons. The minimum Gasteiger partial charge on any atom is -0.496 e. The number of hydrogen-bond acceptors (Lipinski definition) is 4. The second-order valence-corrected chi connectivity index (χ2v) is 5.04. The predicted octanol–water partition coefficient (Wildman–Crippen LogP) is 2.87. The first-order valence-corrected chi connectivity index (χ1v) is 6.61. The van der Waals surface area contributed by atoms with Crippen LogP contribution in [-0.4, -0.2) is 17.9 Å². The van der Waals surface area contributed by atoms with Gasteiger partial charge < -0.3 is 4.74 Å². The molecule has 1 aromatic heterocycles. The number of thiazole rings is 1. The van der Waals surface area contributed by atoms with Crippen LogP contribution in [0, 0.1) is 0 Å². The highest BCUT2D eigenvalue weighted by atomic mass is 32.1. The summed E-state index contributed by atoms with van der Waals surface area (Å²) >= 11 is 1.59. The number of nitrogens with zero attached hydrogens (tertiary/aromatic N) is 1. The number of ketones is 1. The lowest BCUT2D eigenvalue weighted by Crippen LogP contribution is -1.97. The number of ether oxygens (including phenoxy) is 1. The van der Waals surface area contributed by atoms with E-state index in [1.54, 1.807) is 25.4 Å². The number of benzene rings is 1. The lowest BCUT2D eigenvalue weighted by Gasteiger charge is -2.05. The molecule has 1 aromatic carbocycles. The van der Waals surface area contributed by atoms with Gasteiger partial charge in [0.1, 0.15) is 11.5 Å². The van der Waals surface area contributed by atoms with Crippen molar-refractivity contribution in [2.75, 3.05) is 7.11 Å². The quantitative estimate of drug-likeness (QED) is 0.830. The average molecular weight is 261 g/mol. The summed E-state index contributed by atoms with van der Waals surface area (Å²) in [6.45, 7) is 1.58. The molecular weight excluding hydrogens is 246 g/mol. The third-order valence-electron chi connectivity index (χ3n) is 2.56. The van der Waals surface area contributed by atoms with Gasteiger partial charge in [0.15, 0.2) is 0 Å². The van der Waals surface area contributed by atoms with Gasteiger partial charge in [0.25, 0.3) is 0 Å². The molecule has 1 heterocycles. The van der Waals surface area contributed by atoms with Gasteiger partial charge in [-0.3, -0.25) is 4.79 Å². The van der Waals surface area contributed by atoms with Gasteiger partial charge in [0, 0.05) is 23.8 Å². The molecule has 0 saturated carbocycles. The molecule has 0 aliphatic heterocycles.